The fourth-order valence-corrected chi connectivity index (χ4v) is 3.04. The second-order valence-electron chi connectivity index (χ2n) is 4.90. The number of nitrogens with one attached hydrogen (secondary N) is 1. The molecule has 3 aromatic rings. The molecule has 3 rings (SSSR count). The van der Waals surface area contributed by atoms with E-state index in [9.17, 15) is 9.18 Å². The number of aromatic nitrogens is 1. The number of amides is 1. The number of rotatable bonds is 4. The average Bonchev–Trinajstić information content (AvgIpc) is 2.98. The van der Waals surface area contributed by atoms with Crippen molar-refractivity contribution in [3.05, 3.63) is 69.8 Å². The first-order valence-electron chi connectivity index (χ1n) is 6.86. The Bertz CT molecular complexity index is 815. The van der Waals surface area contributed by atoms with Gasteiger partial charge in [-0.05, 0) is 42.0 Å². The SMILES string of the molecule is O=C(Cc1ccc(Br)cc1)Nc1nc(-c2ccc(F)cc2)cs1. The Morgan fingerprint density at radius 3 is 2.52 bits per heavy atom. The molecule has 0 radical (unpaired) electrons. The molecule has 23 heavy (non-hydrogen) atoms. The van der Waals surface area contributed by atoms with E-state index in [2.05, 4.69) is 26.2 Å². The standard InChI is InChI=1S/C17H12BrFN2OS/c18-13-5-1-11(2-6-13)9-16(22)21-17-20-15(10-23-17)12-3-7-14(19)8-4-12/h1-8,10H,9H2,(H,20,21,22). The summed E-state index contributed by atoms with van der Waals surface area (Å²) in [4.78, 5) is 16.4. The van der Waals surface area contributed by atoms with Gasteiger partial charge in [0.15, 0.2) is 5.13 Å². The van der Waals surface area contributed by atoms with Gasteiger partial charge in [0, 0.05) is 15.4 Å². The summed E-state index contributed by atoms with van der Waals surface area (Å²) < 4.78 is 13.9. The van der Waals surface area contributed by atoms with Crippen molar-refractivity contribution < 1.29 is 9.18 Å². The minimum absolute atomic E-state index is 0.118. The second-order valence-corrected chi connectivity index (χ2v) is 6.67. The molecule has 0 spiro atoms. The Morgan fingerprint density at radius 2 is 1.83 bits per heavy atom. The summed E-state index contributed by atoms with van der Waals surface area (Å²) in [6.07, 6.45) is 0.290. The molecule has 0 saturated carbocycles. The van der Waals surface area contributed by atoms with E-state index in [0.717, 1.165) is 15.6 Å². The predicted octanol–water partition coefficient (Wildman–Crippen LogP) is 4.89. The quantitative estimate of drug-likeness (QED) is 0.688. The van der Waals surface area contributed by atoms with E-state index in [1.54, 1.807) is 12.1 Å². The second kappa shape index (κ2) is 7.02. The zero-order chi connectivity index (χ0) is 16.2. The molecular formula is C17H12BrFN2OS. The largest absolute Gasteiger partial charge is 0.302 e. The van der Waals surface area contributed by atoms with Crippen LogP contribution in [0.1, 0.15) is 5.56 Å². The van der Waals surface area contributed by atoms with Crippen LogP contribution in [0.15, 0.2) is 58.4 Å². The van der Waals surface area contributed by atoms with Crippen molar-refractivity contribution in [2.24, 2.45) is 0 Å². The number of hydrogen-bond acceptors (Lipinski definition) is 3. The summed E-state index contributed by atoms with van der Waals surface area (Å²) in [6, 6.07) is 13.7. The first-order valence-corrected chi connectivity index (χ1v) is 8.53. The monoisotopic (exact) mass is 390 g/mol. The van der Waals surface area contributed by atoms with Crippen LogP contribution in [-0.4, -0.2) is 10.9 Å². The van der Waals surface area contributed by atoms with E-state index in [1.807, 2.05) is 29.6 Å². The summed E-state index contributed by atoms with van der Waals surface area (Å²) >= 11 is 4.71. The maximum Gasteiger partial charge on any atom is 0.230 e. The number of nitrogens with zero attached hydrogens (tertiary/aromatic N) is 1. The van der Waals surface area contributed by atoms with Crippen molar-refractivity contribution >= 4 is 38.3 Å². The van der Waals surface area contributed by atoms with Crippen molar-refractivity contribution in [3.8, 4) is 11.3 Å². The minimum atomic E-state index is -0.285. The van der Waals surface area contributed by atoms with Gasteiger partial charge in [0.1, 0.15) is 5.82 Å². The number of carbonyl (C=O) groups excluding carboxylic acids is 1. The highest BCUT2D eigenvalue weighted by molar-refractivity contribution is 9.10. The first-order chi connectivity index (χ1) is 11.1. The van der Waals surface area contributed by atoms with Gasteiger partial charge in [-0.3, -0.25) is 4.79 Å². The van der Waals surface area contributed by atoms with Crippen LogP contribution in [0.4, 0.5) is 9.52 Å². The third-order valence-electron chi connectivity index (χ3n) is 3.17. The van der Waals surface area contributed by atoms with Crippen LogP contribution >= 0.6 is 27.3 Å². The lowest BCUT2D eigenvalue weighted by Crippen LogP contribution is -2.14. The average molecular weight is 391 g/mol. The summed E-state index contributed by atoms with van der Waals surface area (Å²) in [7, 11) is 0. The van der Waals surface area contributed by atoms with Gasteiger partial charge in [-0.15, -0.1) is 11.3 Å². The van der Waals surface area contributed by atoms with E-state index in [4.69, 9.17) is 0 Å². The van der Waals surface area contributed by atoms with Crippen molar-refractivity contribution in [1.82, 2.24) is 4.98 Å². The molecule has 0 aliphatic carbocycles. The van der Waals surface area contributed by atoms with E-state index in [-0.39, 0.29) is 11.7 Å². The number of halogens is 2. The summed E-state index contributed by atoms with van der Waals surface area (Å²) in [5, 5.41) is 5.16. The molecule has 0 fully saturated rings. The van der Waals surface area contributed by atoms with Gasteiger partial charge in [0.2, 0.25) is 5.91 Å². The number of carbonyl (C=O) groups is 1. The fourth-order valence-electron chi connectivity index (χ4n) is 2.04. The van der Waals surface area contributed by atoms with Crippen LogP contribution in [0, 0.1) is 5.82 Å². The van der Waals surface area contributed by atoms with Gasteiger partial charge in [0.05, 0.1) is 12.1 Å². The highest BCUT2D eigenvalue weighted by Gasteiger charge is 2.09. The molecule has 0 saturated heterocycles. The first kappa shape index (κ1) is 15.8. The lowest BCUT2D eigenvalue weighted by molar-refractivity contribution is -0.115. The van der Waals surface area contributed by atoms with E-state index >= 15 is 0 Å². The molecule has 0 atom stereocenters. The molecule has 1 amide bonds. The third-order valence-corrected chi connectivity index (χ3v) is 4.45. The van der Waals surface area contributed by atoms with E-state index < -0.39 is 0 Å². The Morgan fingerprint density at radius 1 is 1.13 bits per heavy atom. The normalized spacial score (nSPS) is 10.5. The molecule has 0 aliphatic rings. The Labute approximate surface area is 145 Å². The number of benzene rings is 2. The van der Waals surface area contributed by atoms with Crippen LogP contribution in [0.2, 0.25) is 0 Å². The predicted molar refractivity (Wildman–Crippen MR) is 94.0 cm³/mol. The Hall–Kier alpha value is -2.05. The summed E-state index contributed by atoms with van der Waals surface area (Å²) in [5.41, 5.74) is 2.46. The lowest BCUT2D eigenvalue weighted by atomic mass is 10.1. The molecule has 0 unspecified atom stereocenters. The smallest absolute Gasteiger partial charge is 0.230 e. The van der Waals surface area contributed by atoms with Gasteiger partial charge in [-0.25, -0.2) is 9.37 Å². The van der Waals surface area contributed by atoms with Crippen molar-refractivity contribution in [3.63, 3.8) is 0 Å². The molecule has 1 aromatic heterocycles. The van der Waals surface area contributed by atoms with Crippen LogP contribution in [-0.2, 0) is 11.2 Å². The molecule has 1 N–H and O–H groups in total. The molecular weight excluding hydrogens is 379 g/mol. The lowest BCUT2D eigenvalue weighted by Gasteiger charge is -2.02. The highest BCUT2D eigenvalue weighted by Crippen LogP contribution is 2.25. The maximum absolute atomic E-state index is 12.9. The van der Waals surface area contributed by atoms with Gasteiger partial charge < -0.3 is 5.32 Å². The molecule has 0 bridgehead atoms. The number of thiazole rings is 1. The molecule has 6 heteroatoms. The zero-order valence-electron chi connectivity index (χ0n) is 11.9. The van der Waals surface area contributed by atoms with E-state index in [0.29, 0.717) is 17.2 Å². The van der Waals surface area contributed by atoms with Crippen LogP contribution < -0.4 is 5.32 Å². The van der Waals surface area contributed by atoms with Crippen LogP contribution in [0.3, 0.4) is 0 Å². The molecule has 0 aliphatic heterocycles. The summed E-state index contributed by atoms with van der Waals surface area (Å²) in [6.45, 7) is 0. The maximum atomic E-state index is 12.9. The van der Waals surface area contributed by atoms with Gasteiger partial charge in [0.25, 0.3) is 0 Å². The van der Waals surface area contributed by atoms with Crippen molar-refractivity contribution in [2.45, 2.75) is 6.42 Å². The molecule has 2 aromatic carbocycles. The Kier molecular flexibility index (Phi) is 4.83. The van der Waals surface area contributed by atoms with Gasteiger partial charge in [-0.2, -0.15) is 0 Å². The topological polar surface area (TPSA) is 42.0 Å². The number of anilines is 1. The molecule has 3 nitrogen and oxygen atoms in total. The van der Waals surface area contributed by atoms with E-state index in [1.165, 1.54) is 23.5 Å². The zero-order valence-corrected chi connectivity index (χ0v) is 14.3. The van der Waals surface area contributed by atoms with Crippen LogP contribution in [0.5, 0.6) is 0 Å². The van der Waals surface area contributed by atoms with Crippen molar-refractivity contribution in [2.75, 3.05) is 5.32 Å². The summed E-state index contributed by atoms with van der Waals surface area (Å²) in [5.74, 6) is -0.403. The van der Waals surface area contributed by atoms with Gasteiger partial charge >= 0.3 is 0 Å². The number of hydrogen-bond donors (Lipinski definition) is 1. The van der Waals surface area contributed by atoms with Crippen LogP contribution in [0.25, 0.3) is 11.3 Å². The molecule has 1 heterocycles. The van der Waals surface area contributed by atoms with Gasteiger partial charge in [-0.1, -0.05) is 28.1 Å². The molecule has 116 valence electrons. The van der Waals surface area contributed by atoms with Crippen molar-refractivity contribution in [1.29, 1.82) is 0 Å². The minimum Gasteiger partial charge on any atom is -0.302 e. The fraction of sp³-hybridized carbons (Fsp3) is 0.0588. The Balaban J connectivity index is 1.65. The third kappa shape index (κ3) is 4.24. The highest BCUT2D eigenvalue weighted by atomic mass is 79.9.